The van der Waals surface area contributed by atoms with Crippen LogP contribution in [0.1, 0.15) is 20.3 Å². The number of hydrogen-bond donors (Lipinski definition) is 0. The normalized spacial score (nSPS) is 32.4. The Kier molecular flexibility index (Phi) is 1.83. The largest absolute Gasteiger partial charge is 0.289 e. The minimum absolute atomic E-state index is 0.389. The number of nitrogens with zero attached hydrogens (tertiary/aromatic N) is 2. The lowest BCUT2D eigenvalue weighted by atomic mass is 9.95. The van der Waals surface area contributed by atoms with E-state index in [1.807, 2.05) is 6.21 Å². The van der Waals surface area contributed by atoms with E-state index in [4.69, 9.17) is 0 Å². The van der Waals surface area contributed by atoms with Crippen molar-refractivity contribution in [3.8, 4) is 0 Å². The molecule has 0 aromatic carbocycles. The first-order valence-electron chi connectivity index (χ1n) is 4.55. The third-order valence-corrected chi connectivity index (χ3v) is 2.44. The lowest BCUT2D eigenvalue weighted by Gasteiger charge is -2.18. The second-order valence-corrected chi connectivity index (χ2v) is 3.75. The molecule has 12 heavy (non-hydrogen) atoms. The van der Waals surface area contributed by atoms with Gasteiger partial charge in [-0.2, -0.15) is 0 Å². The molecule has 0 spiro atoms. The zero-order valence-electron chi connectivity index (χ0n) is 7.57. The molecule has 0 amide bonds. The van der Waals surface area contributed by atoms with Crippen LogP contribution in [0.3, 0.4) is 0 Å². The molecule has 0 aromatic rings. The fourth-order valence-electron chi connectivity index (χ4n) is 1.61. The molecule has 0 radical (unpaired) electrons. The molecule has 2 heterocycles. The molecular weight excluding hydrogens is 148 g/mol. The summed E-state index contributed by atoms with van der Waals surface area (Å²) in [6.07, 6.45) is 7.35. The SMILES string of the molecule is CC(C)C1=CC2N=CCC2C=N1. The Morgan fingerprint density at radius 3 is 3.08 bits per heavy atom. The van der Waals surface area contributed by atoms with E-state index in [-0.39, 0.29) is 0 Å². The molecule has 0 aromatic heterocycles. The molecule has 2 aliphatic heterocycles. The summed E-state index contributed by atoms with van der Waals surface area (Å²) in [6, 6.07) is 0.389. The first kappa shape index (κ1) is 7.71. The Bertz CT molecular complexity index is 261. The van der Waals surface area contributed by atoms with Crippen LogP contribution >= 0.6 is 0 Å². The van der Waals surface area contributed by atoms with Crippen molar-refractivity contribution in [2.24, 2.45) is 21.8 Å². The van der Waals surface area contributed by atoms with Gasteiger partial charge in [0, 0.05) is 24.0 Å². The van der Waals surface area contributed by atoms with Gasteiger partial charge in [-0.1, -0.05) is 13.8 Å². The maximum Gasteiger partial charge on any atom is 0.0777 e. The average Bonchev–Trinajstić information content (AvgIpc) is 2.49. The van der Waals surface area contributed by atoms with E-state index in [1.165, 1.54) is 5.70 Å². The summed E-state index contributed by atoms with van der Waals surface area (Å²) in [4.78, 5) is 8.83. The van der Waals surface area contributed by atoms with Crippen LogP contribution in [0.4, 0.5) is 0 Å². The van der Waals surface area contributed by atoms with E-state index in [2.05, 4.69) is 36.1 Å². The van der Waals surface area contributed by atoms with Gasteiger partial charge in [-0.15, -0.1) is 0 Å². The van der Waals surface area contributed by atoms with Gasteiger partial charge in [-0.3, -0.25) is 9.98 Å². The Morgan fingerprint density at radius 2 is 2.33 bits per heavy atom. The number of aliphatic imine (C=N–C) groups is 2. The summed E-state index contributed by atoms with van der Waals surface area (Å²) in [5.74, 6) is 1.07. The highest BCUT2D eigenvalue weighted by Crippen LogP contribution is 2.25. The van der Waals surface area contributed by atoms with Gasteiger partial charge in [-0.05, 0) is 18.4 Å². The Hall–Kier alpha value is -0.920. The molecule has 2 aliphatic rings. The summed E-state index contributed by atoms with van der Waals surface area (Å²) in [6.45, 7) is 4.34. The van der Waals surface area contributed by atoms with Gasteiger partial charge >= 0.3 is 0 Å². The Morgan fingerprint density at radius 1 is 1.50 bits per heavy atom. The van der Waals surface area contributed by atoms with Crippen LogP contribution in [-0.2, 0) is 0 Å². The smallest absolute Gasteiger partial charge is 0.0777 e. The molecule has 2 rings (SSSR count). The van der Waals surface area contributed by atoms with Crippen LogP contribution < -0.4 is 0 Å². The minimum atomic E-state index is 0.389. The predicted molar refractivity (Wildman–Crippen MR) is 51.8 cm³/mol. The van der Waals surface area contributed by atoms with E-state index in [1.54, 1.807) is 0 Å². The lowest BCUT2D eigenvalue weighted by Crippen LogP contribution is -2.18. The number of fused-ring (bicyclic) bond motifs is 1. The van der Waals surface area contributed by atoms with Crippen LogP contribution in [0.5, 0.6) is 0 Å². The molecule has 0 fully saturated rings. The molecule has 0 saturated carbocycles. The van der Waals surface area contributed by atoms with Crippen LogP contribution in [0.2, 0.25) is 0 Å². The van der Waals surface area contributed by atoms with E-state index in [0.29, 0.717) is 17.9 Å². The van der Waals surface area contributed by atoms with Gasteiger partial charge in [0.05, 0.1) is 6.04 Å². The molecule has 0 N–H and O–H groups in total. The van der Waals surface area contributed by atoms with Gasteiger partial charge < -0.3 is 0 Å². The molecule has 0 bridgehead atoms. The summed E-state index contributed by atoms with van der Waals surface area (Å²) in [7, 11) is 0. The zero-order valence-corrected chi connectivity index (χ0v) is 7.57. The average molecular weight is 162 g/mol. The van der Waals surface area contributed by atoms with Crippen LogP contribution in [0.25, 0.3) is 0 Å². The van der Waals surface area contributed by atoms with Crippen molar-refractivity contribution in [2.75, 3.05) is 0 Å². The second kappa shape index (κ2) is 2.85. The third kappa shape index (κ3) is 1.22. The van der Waals surface area contributed by atoms with Gasteiger partial charge in [-0.25, -0.2) is 0 Å². The highest BCUT2D eigenvalue weighted by Gasteiger charge is 2.24. The molecule has 2 heteroatoms. The molecule has 2 nitrogen and oxygen atoms in total. The summed E-state index contributed by atoms with van der Waals surface area (Å²) in [5.41, 5.74) is 1.19. The van der Waals surface area contributed by atoms with Crippen molar-refractivity contribution < 1.29 is 0 Å². The van der Waals surface area contributed by atoms with Crippen LogP contribution in [-0.4, -0.2) is 18.5 Å². The maximum atomic E-state index is 4.43. The molecule has 2 unspecified atom stereocenters. The van der Waals surface area contributed by atoms with Crippen LogP contribution in [0, 0.1) is 11.8 Å². The Balaban J connectivity index is 2.20. The number of hydrogen-bond acceptors (Lipinski definition) is 2. The van der Waals surface area contributed by atoms with Crippen molar-refractivity contribution in [2.45, 2.75) is 26.3 Å². The maximum absolute atomic E-state index is 4.43. The van der Waals surface area contributed by atoms with Crippen molar-refractivity contribution >= 4 is 12.4 Å². The number of allylic oxidation sites excluding steroid dienone is 1. The molecule has 0 saturated heterocycles. The van der Waals surface area contributed by atoms with E-state index >= 15 is 0 Å². The monoisotopic (exact) mass is 162 g/mol. The van der Waals surface area contributed by atoms with Gasteiger partial charge in [0.2, 0.25) is 0 Å². The van der Waals surface area contributed by atoms with Gasteiger partial charge in [0.1, 0.15) is 0 Å². The van der Waals surface area contributed by atoms with E-state index in [9.17, 15) is 0 Å². The van der Waals surface area contributed by atoms with Crippen molar-refractivity contribution in [3.63, 3.8) is 0 Å². The topological polar surface area (TPSA) is 24.7 Å². The molecule has 0 aliphatic carbocycles. The van der Waals surface area contributed by atoms with Gasteiger partial charge in [0.25, 0.3) is 0 Å². The van der Waals surface area contributed by atoms with Crippen molar-refractivity contribution in [1.82, 2.24) is 0 Å². The summed E-state index contributed by atoms with van der Waals surface area (Å²) in [5, 5.41) is 0. The van der Waals surface area contributed by atoms with Gasteiger partial charge in [0.15, 0.2) is 0 Å². The molecule has 64 valence electrons. The first-order valence-corrected chi connectivity index (χ1v) is 4.55. The second-order valence-electron chi connectivity index (χ2n) is 3.75. The van der Waals surface area contributed by atoms with Crippen LogP contribution in [0.15, 0.2) is 21.8 Å². The van der Waals surface area contributed by atoms with E-state index in [0.717, 1.165) is 6.42 Å². The first-order chi connectivity index (χ1) is 5.77. The summed E-state index contributed by atoms with van der Waals surface area (Å²) >= 11 is 0. The predicted octanol–water partition coefficient (Wildman–Crippen LogP) is 2.07. The Labute approximate surface area is 73.1 Å². The number of rotatable bonds is 1. The fourth-order valence-corrected chi connectivity index (χ4v) is 1.61. The van der Waals surface area contributed by atoms with Crippen molar-refractivity contribution in [1.29, 1.82) is 0 Å². The zero-order chi connectivity index (χ0) is 8.55. The summed E-state index contributed by atoms with van der Waals surface area (Å²) < 4.78 is 0. The van der Waals surface area contributed by atoms with E-state index < -0.39 is 0 Å². The van der Waals surface area contributed by atoms with Crippen molar-refractivity contribution in [3.05, 3.63) is 11.8 Å². The third-order valence-electron chi connectivity index (χ3n) is 2.44. The lowest BCUT2D eigenvalue weighted by molar-refractivity contribution is 0.646. The minimum Gasteiger partial charge on any atom is -0.289 e. The molecule has 2 atom stereocenters. The highest BCUT2D eigenvalue weighted by atomic mass is 14.9. The fraction of sp³-hybridized carbons (Fsp3) is 0.600. The molecular formula is C10H14N2. The standard InChI is InChI=1S/C10H14N2/c1-7(2)9-5-10-8(6-12-9)3-4-11-10/h4-8,10H,3H2,1-2H3. The quantitative estimate of drug-likeness (QED) is 0.564. The highest BCUT2D eigenvalue weighted by molar-refractivity contribution is 5.75.